The second-order valence-electron chi connectivity index (χ2n) is 7.07. The number of carbonyl (C=O) groups is 1. The first kappa shape index (κ1) is 22.4. The standard InChI is InChI=1S/C25H22N2O5S/c1-30-18-12-13-22(31-2)21(14-18)27-23(28)19-6-4-5-7-20(19)26-25(27)33-15-16-8-10-17(11-9-16)24(29)32-3/h4-14H,15H2,1-3H3. The molecule has 8 heteroatoms. The van der Waals surface area contributed by atoms with Gasteiger partial charge in [0.1, 0.15) is 11.5 Å². The number of para-hydroxylation sites is 1. The van der Waals surface area contributed by atoms with E-state index in [0.717, 1.165) is 5.56 Å². The SMILES string of the molecule is COC(=O)c1ccc(CSc2nc3ccccc3c(=O)n2-c2cc(OC)ccc2OC)cc1. The number of hydrogen-bond donors (Lipinski definition) is 0. The van der Waals surface area contributed by atoms with Gasteiger partial charge >= 0.3 is 5.97 Å². The van der Waals surface area contributed by atoms with Crippen molar-refractivity contribution in [2.75, 3.05) is 21.3 Å². The maximum absolute atomic E-state index is 13.5. The second kappa shape index (κ2) is 9.79. The Balaban J connectivity index is 1.80. The first-order valence-corrected chi connectivity index (χ1v) is 11.1. The van der Waals surface area contributed by atoms with E-state index in [2.05, 4.69) is 0 Å². The summed E-state index contributed by atoms with van der Waals surface area (Å²) in [7, 11) is 4.48. The molecule has 0 fully saturated rings. The van der Waals surface area contributed by atoms with Gasteiger partial charge < -0.3 is 14.2 Å². The van der Waals surface area contributed by atoms with Gasteiger partial charge in [-0.05, 0) is 42.0 Å². The lowest BCUT2D eigenvalue weighted by Gasteiger charge is -2.16. The molecule has 7 nitrogen and oxygen atoms in total. The number of benzene rings is 3. The van der Waals surface area contributed by atoms with Crippen molar-refractivity contribution in [1.82, 2.24) is 9.55 Å². The van der Waals surface area contributed by atoms with Gasteiger partial charge in [0.25, 0.3) is 5.56 Å². The summed E-state index contributed by atoms with van der Waals surface area (Å²) in [5, 5.41) is 1.02. The van der Waals surface area contributed by atoms with E-state index in [1.54, 1.807) is 55.2 Å². The van der Waals surface area contributed by atoms with Gasteiger partial charge in [-0.2, -0.15) is 0 Å². The first-order valence-electron chi connectivity index (χ1n) is 10.1. The van der Waals surface area contributed by atoms with Crippen LogP contribution in [-0.2, 0) is 10.5 Å². The highest BCUT2D eigenvalue weighted by Gasteiger charge is 2.17. The minimum atomic E-state index is -0.385. The third-order valence-corrected chi connectivity index (χ3v) is 6.12. The van der Waals surface area contributed by atoms with Gasteiger partial charge in [0, 0.05) is 11.8 Å². The maximum Gasteiger partial charge on any atom is 0.337 e. The lowest BCUT2D eigenvalue weighted by molar-refractivity contribution is 0.0600. The third kappa shape index (κ3) is 4.56. The van der Waals surface area contributed by atoms with Gasteiger partial charge in [0.2, 0.25) is 0 Å². The highest BCUT2D eigenvalue weighted by atomic mass is 32.2. The van der Waals surface area contributed by atoms with E-state index in [-0.39, 0.29) is 11.5 Å². The van der Waals surface area contributed by atoms with E-state index >= 15 is 0 Å². The Morgan fingerprint density at radius 3 is 2.42 bits per heavy atom. The fourth-order valence-electron chi connectivity index (χ4n) is 3.40. The number of ether oxygens (including phenoxy) is 3. The number of carbonyl (C=O) groups excluding carboxylic acids is 1. The molecule has 0 aliphatic rings. The number of aromatic nitrogens is 2. The molecule has 0 atom stereocenters. The van der Waals surface area contributed by atoms with Crippen molar-refractivity contribution in [3.63, 3.8) is 0 Å². The van der Waals surface area contributed by atoms with Crippen LogP contribution in [0.5, 0.6) is 11.5 Å². The van der Waals surface area contributed by atoms with E-state index in [0.29, 0.717) is 44.6 Å². The molecule has 0 spiro atoms. The predicted molar refractivity (Wildman–Crippen MR) is 128 cm³/mol. The van der Waals surface area contributed by atoms with Crippen molar-refractivity contribution >= 4 is 28.6 Å². The zero-order valence-corrected chi connectivity index (χ0v) is 19.2. The molecule has 33 heavy (non-hydrogen) atoms. The fraction of sp³-hybridized carbons (Fsp3) is 0.160. The van der Waals surface area contributed by atoms with E-state index < -0.39 is 0 Å². The van der Waals surface area contributed by atoms with E-state index in [1.807, 2.05) is 30.3 Å². The number of hydrogen-bond acceptors (Lipinski definition) is 7. The van der Waals surface area contributed by atoms with Gasteiger partial charge in [-0.25, -0.2) is 9.78 Å². The monoisotopic (exact) mass is 462 g/mol. The zero-order chi connectivity index (χ0) is 23.4. The molecule has 4 aromatic rings. The van der Waals surface area contributed by atoms with Gasteiger partial charge in [0.05, 0.1) is 43.5 Å². The average Bonchev–Trinajstić information content (AvgIpc) is 2.87. The van der Waals surface area contributed by atoms with Crippen molar-refractivity contribution in [2.24, 2.45) is 0 Å². The van der Waals surface area contributed by atoms with Crippen LogP contribution < -0.4 is 15.0 Å². The lowest BCUT2D eigenvalue weighted by Crippen LogP contribution is -2.22. The van der Waals surface area contributed by atoms with E-state index in [1.165, 1.54) is 18.9 Å². The number of methoxy groups -OCH3 is 3. The van der Waals surface area contributed by atoms with Crippen molar-refractivity contribution in [3.8, 4) is 17.2 Å². The molecule has 3 aromatic carbocycles. The Kier molecular flexibility index (Phi) is 6.65. The summed E-state index contributed by atoms with van der Waals surface area (Å²) >= 11 is 1.42. The number of thioether (sulfide) groups is 1. The Bertz CT molecular complexity index is 1370. The molecular weight excluding hydrogens is 440 g/mol. The van der Waals surface area contributed by atoms with E-state index in [4.69, 9.17) is 19.2 Å². The Hall–Kier alpha value is -3.78. The fourth-order valence-corrected chi connectivity index (χ4v) is 4.36. The van der Waals surface area contributed by atoms with Crippen LogP contribution in [0.15, 0.2) is 76.7 Å². The Morgan fingerprint density at radius 2 is 1.73 bits per heavy atom. The van der Waals surface area contributed by atoms with Gasteiger partial charge in [-0.1, -0.05) is 36.0 Å². The quantitative estimate of drug-likeness (QED) is 0.228. The van der Waals surface area contributed by atoms with Crippen LogP contribution in [-0.4, -0.2) is 36.8 Å². The molecule has 0 saturated carbocycles. The third-order valence-electron chi connectivity index (χ3n) is 5.11. The first-order chi connectivity index (χ1) is 16.0. The molecule has 0 saturated heterocycles. The maximum atomic E-state index is 13.5. The summed E-state index contributed by atoms with van der Waals surface area (Å²) in [5.74, 6) is 1.28. The summed E-state index contributed by atoms with van der Waals surface area (Å²) in [5.41, 5.74) is 2.41. The molecular formula is C25H22N2O5S. The van der Waals surface area contributed by atoms with Crippen molar-refractivity contribution in [1.29, 1.82) is 0 Å². The Morgan fingerprint density at radius 1 is 0.970 bits per heavy atom. The smallest absolute Gasteiger partial charge is 0.337 e. The number of fused-ring (bicyclic) bond motifs is 1. The van der Waals surface area contributed by atoms with Crippen molar-refractivity contribution in [3.05, 3.63) is 88.2 Å². The minimum absolute atomic E-state index is 0.198. The number of esters is 1. The van der Waals surface area contributed by atoms with Crippen LogP contribution in [0.25, 0.3) is 16.6 Å². The molecule has 4 rings (SSSR count). The second-order valence-corrected chi connectivity index (χ2v) is 8.01. The Labute approximate surface area is 194 Å². The topological polar surface area (TPSA) is 79.7 Å². The molecule has 0 N–H and O–H groups in total. The summed E-state index contributed by atoms with van der Waals surface area (Å²) in [6, 6.07) is 19.7. The van der Waals surface area contributed by atoms with Crippen LogP contribution in [0.2, 0.25) is 0 Å². The van der Waals surface area contributed by atoms with E-state index in [9.17, 15) is 9.59 Å². The molecule has 1 aromatic heterocycles. The van der Waals surface area contributed by atoms with Crippen molar-refractivity contribution in [2.45, 2.75) is 10.9 Å². The summed E-state index contributed by atoms with van der Waals surface area (Å²) < 4.78 is 17.2. The van der Waals surface area contributed by atoms with Gasteiger partial charge in [0.15, 0.2) is 5.16 Å². The van der Waals surface area contributed by atoms with Crippen LogP contribution >= 0.6 is 11.8 Å². The normalized spacial score (nSPS) is 10.8. The van der Waals surface area contributed by atoms with Crippen LogP contribution in [0.1, 0.15) is 15.9 Å². The van der Waals surface area contributed by atoms with Crippen molar-refractivity contribution < 1.29 is 19.0 Å². The molecule has 0 bridgehead atoms. The predicted octanol–water partition coefficient (Wildman–Crippen LogP) is 4.48. The number of rotatable bonds is 7. The molecule has 0 radical (unpaired) electrons. The van der Waals surface area contributed by atoms with Crippen LogP contribution in [0.3, 0.4) is 0 Å². The summed E-state index contributed by atoms with van der Waals surface area (Å²) in [4.78, 5) is 30.0. The van der Waals surface area contributed by atoms with Gasteiger partial charge in [-0.15, -0.1) is 0 Å². The number of nitrogens with zero attached hydrogens (tertiary/aromatic N) is 2. The largest absolute Gasteiger partial charge is 0.497 e. The molecule has 168 valence electrons. The average molecular weight is 463 g/mol. The molecule has 0 aliphatic heterocycles. The highest BCUT2D eigenvalue weighted by molar-refractivity contribution is 7.98. The summed E-state index contributed by atoms with van der Waals surface area (Å²) in [6.07, 6.45) is 0. The summed E-state index contributed by atoms with van der Waals surface area (Å²) in [6.45, 7) is 0. The zero-order valence-electron chi connectivity index (χ0n) is 18.4. The highest BCUT2D eigenvalue weighted by Crippen LogP contribution is 2.31. The molecule has 0 unspecified atom stereocenters. The minimum Gasteiger partial charge on any atom is -0.497 e. The van der Waals surface area contributed by atoms with Crippen LogP contribution in [0.4, 0.5) is 0 Å². The molecule has 0 aliphatic carbocycles. The lowest BCUT2D eigenvalue weighted by atomic mass is 10.1. The molecule has 0 amide bonds. The van der Waals surface area contributed by atoms with Gasteiger partial charge in [-0.3, -0.25) is 9.36 Å². The van der Waals surface area contributed by atoms with Crippen LogP contribution in [0, 0.1) is 0 Å². The molecule has 1 heterocycles.